The third-order valence-electron chi connectivity index (χ3n) is 7.39. The molecule has 0 unspecified atom stereocenters. The van der Waals surface area contributed by atoms with Crippen LogP contribution in [0.1, 0.15) is 45.4 Å². The van der Waals surface area contributed by atoms with Gasteiger partial charge in [-0.2, -0.15) is 0 Å². The molecule has 7 heteroatoms. The number of benzene rings is 1. The lowest BCUT2D eigenvalue weighted by molar-refractivity contribution is -0.137. The third-order valence-corrected chi connectivity index (χ3v) is 7.39. The Morgan fingerprint density at radius 2 is 2.00 bits per heavy atom. The summed E-state index contributed by atoms with van der Waals surface area (Å²) in [5, 5.41) is 3.84. The summed E-state index contributed by atoms with van der Waals surface area (Å²) < 4.78 is 15.8. The normalized spacial score (nSPS) is 26.7. The van der Waals surface area contributed by atoms with Crippen molar-refractivity contribution >= 4 is 11.7 Å². The van der Waals surface area contributed by atoms with Crippen molar-refractivity contribution in [1.29, 1.82) is 0 Å². The summed E-state index contributed by atoms with van der Waals surface area (Å²) in [7, 11) is 0. The van der Waals surface area contributed by atoms with Crippen LogP contribution in [0, 0.1) is 17.7 Å². The average Bonchev–Trinajstić information content (AvgIpc) is 3.43. The molecule has 3 atom stereocenters. The number of nitrogens with one attached hydrogen (secondary N) is 1. The molecule has 6 nitrogen and oxygen atoms in total. The highest BCUT2D eigenvalue weighted by molar-refractivity contribution is 5.80. The molecule has 0 radical (unpaired) electrons. The monoisotopic (exact) mass is 411 g/mol. The van der Waals surface area contributed by atoms with Crippen LogP contribution in [0.25, 0.3) is 11.3 Å². The minimum atomic E-state index is -0.571. The quantitative estimate of drug-likeness (QED) is 0.809. The van der Waals surface area contributed by atoms with Crippen LogP contribution in [0.4, 0.5) is 10.2 Å². The van der Waals surface area contributed by atoms with Gasteiger partial charge in [-0.05, 0) is 69.2 Å². The zero-order chi connectivity index (χ0) is 21.0. The molecule has 2 aliphatic carbocycles. The molecule has 1 amide bonds. The van der Waals surface area contributed by atoms with Crippen LogP contribution >= 0.6 is 0 Å². The number of carbonyl (C=O) groups is 1. The Bertz CT molecular complexity index is 967. The van der Waals surface area contributed by atoms with Gasteiger partial charge in [0, 0.05) is 24.7 Å². The largest absolute Gasteiger partial charge is 0.367 e. The maximum atomic E-state index is 13.6. The second-order valence-electron chi connectivity index (χ2n) is 9.53. The second-order valence-corrected chi connectivity index (χ2v) is 9.53. The van der Waals surface area contributed by atoms with E-state index in [2.05, 4.69) is 9.88 Å². The summed E-state index contributed by atoms with van der Waals surface area (Å²) in [5.41, 5.74) is 6.81. The number of fused-ring (bicyclic) bond motifs is 3. The van der Waals surface area contributed by atoms with E-state index in [1.165, 1.54) is 37.8 Å². The van der Waals surface area contributed by atoms with Gasteiger partial charge < -0.3 is 20.5 Å². The number of nitrogens with zero attached hydrogens (tertiary/aromatic N) is 3. The molecule has 2 aromatic rings. The Labute approximate surface area is 176 Å². The number of hydrogen-bond acceptors (Lipinski definition) is 4. The van der Waals surface area contributed by atoms with Gasteiger partial charge in [0.05, 0.1) is 12.1 Å². The van der Waals surface area contributed by atoms with Crippen molar-refractivity contribution in [3.63, 3.8) is 0 Å². The highest BCUT2D eigenvalue weighted by atomic mass is 19.1. The summed E-state index contributed by atoms with van der Waals surface area (Å²) in [4.78, 5) is 19.3. The number of imidazole rings is 1. The van der Waals surface area contributed by atoms with E-state index in [1.807, 2.05) is 18.7 Å². The van der Waals surface area contributed by atoms with Crippen molar-refractivity contribution in [3.8, 4) is 11.3 Å². The fourth-order valence-corrected chi connectivity index (χ4v) is 5.84. The number of aromatic nitrogens is 2. The van der Waals surface area contributed by atoms with Crippen LogP contribution in [0.2, 0.25) is 0 Å². The van der Waals surface area contributed by atoms with Gasteiger partial charge in [-0.15, -0.1) is 0 Å². The van der Waals surface area contributed by atoms with E-state index in [4.69, 9.17) is 10.7 Å². The fourth-order valence-electron chi connectivity index (χ4n) is 5.84. The topological polar surface area (TPSA) is 76.2 Å². The van der Waals surface area contributed by atoms with Crippen LogP contribution in [-0.4, -0.2) is 39.5 Å². The Kier molecular flexibility index (Phi) is 4.61. The number of halogens is 1. The molecule has 2 bridgehead atoms. The maximum Gasteiger partial charge on any atom is 0.237 e. The lowest BCUT2D eigenvalue weighted by Crippen LogP contribution is -2.53. The van der Waals surface area contributed by atoms with Crippen LogP contribution in [0.3, 0.4) is 0 Å². The van der Waals surface area contributed by atoms with E-state index >= 15 is 0 Å². The van der Waals surface area contributed by atoms with Crippen LogP contribution < -0.4 is 11.1 Å². The Morgan fingerprint density at radius 3 is 2.63 bits per heavy atom. The smallest absolute Gasteiger partial charge is 0.237 e. The molecule has 5 rings (SSSR count). The molecule has 1 aromatic heterocycles. The van der Waals surface area contributed by atoms with E-state index < -0.39 is 5.54 Å². The first kappa shape index (κ1) is 19.5. The first-order valence-corrected chi connectivity index (χ1v) is 11.0. The summed E-state index contributed by atoms with van der Waals surface area (Å²) in [5.74, 6) is 3.07. The number of hydrogen-bond donors (Lipinski definition) is 2. The van der Waals surface area contributed by atoms with Gasteiger partial charge in [-0.25, -0.2) is 9.37 Å². The summed E-state index contributed by atoms with van der Waals surface area (Å²) in [6.07, 6.45) is 5.16. The summed E-state index contributed by atoms with van der Waals surface area (Å²) in [6.45, 7) is 5.30. The van der Waals surface area contributed by atoms with Crippen molar-refractivity contribution < 1.29 is 9.18 Å². The van der Waals surface area contributed by atoms with Gasteiger partial charge >= 0.3 is 0 Å². The molecule has 2 heterocycles. The van der Waals surface area contributed by atoms with Crippen LogP contribution in [-0.2, 0) is 16.9 Å². The van der Waals surface area contributed by atoms with E-state index in [-0.39, 0.29) is 18.3 Å². The first-order chi connectivity index (χ1) is 14.4. The molecular formula is C23H30FN5O. The van der Waals surface area contributed by atoms with Crippen molar-refractivity contribution in [2.45, 2.75) is 57.7 Å². The Balaban J connectivity index is 1.59. The minimum absolute atomic E-state index is 0.00872. The molecule has 0 saturated heterocycles. The summed E-state index contributed by atoms with van der Waals surface area (Å²) in [6, 6.07) is 6.97. The van der Waals surface area contributed by atoms with Gasteiger partial charge in [0.1, 0.15) is 23.2 Å². The molecule has 1 aromatic carbocycles. The number of anilines is 1. The Morgan fingerprint density at radius 1 is 1.23 bits per heavy atom. The predicted octanol–water partition coefficient (Wildman–Crippen LogP) is 3.33. The lowest BCUT2D eigenvalue weighted by atomic mass is 9.95. The highest BCUT2D eigenvalue weighted by Crippen LogP contribution is 2.47. The molecular weight excluding hydrogens is 381 g/mol. The SMILES string of the molecule is CC1(C)c2nc(-c3ccc(F)cc3)c(N[C@@H]3C[C@@H]4CC[C@@H]3C4)n2CCN1C(=O)CN. The van der Waals surface area contributed by atoms with Gasteiger partial charge in [-0.3, -0.25) is 4.79 Å². The van der Waals surface area contributed by atoms with Crippen molar-refractivity contribution in [2.75, 3.05) is 18.4 Å². The number of rotatable bonds is 4. The first-order valence-electron chi connectivity index (χ1n) is 11.0. The van der Waals surface area contributed by atoms with Gasteiger partial charge in [-0.1, -0.05) is 6.42 Å². The maximum absolute atomic E-state index is 13.6. The van der Waals surface area contributed by atoms with Gasteiger partial charge in [0.25, 0.3) is 0 Å². The van der Waals surface area contributed by atoms with Crippen molar-refractivity contribution in [3.05, 3.63) is 35.9 Å². The molecule has 2 saturated carbocycles. The highest BCUT2D eigenvalue weighted by Gasteiger charge is 2.43. The molecule has 2 fully saturated rings. The van der Waals surface area contributed by atoms with E-state index in [0.29, 0.717) is 25.0 Å². The molecule has 0 spiro atoms. The lowest BCUT2D eigenvalue weighted by Gasteiger charge is -2.42. The van der Waals surface area contributed by atoms with Gasteiger partial charge in [0.15, 0.2) is 0 Å². The molecule has 3 aliphatic rings. The standard InChI is InChI=1S/C23H30FN5O/c1-23(2)22-27-20(15-5-7-17(24)8-6-15)21(26-18-12-14-3-4-16(18)11-14)28(22)9-10-29(23)19(30)13-25/h5-8,14,16,18,26H,3-4,9-13,25H2,1-2H3/t14-,16-,18-/m1/s1. The molecule has 160 valence electrons. The number of carbonyl (C=O) groups excluding carboxylic acids is 1. The van der Waals surface area contributed by atoms with Crippen molar-refractivity contribution in [1.82, 2.24) is 14.5 Å². The Hall–Kier alpha value is -2.41. The van der Waals surface area contributed by atoms with Crippen LogP contribution in [0.15, 0.2) is 24.3 Å². The summed E-state index contributed by atoms with van der Waals surface area (Å²) >= 11 is 0. The molecule has 3 N–H and O–H groups in total. The zero-order valence-corrected chi connectivity index (χ0v) is 17.7. The minimum Gasteiger partial charge on any atom is -0.367 e. The number of nitrogens with two attached hydrogens (primary N) is 1. The van der Waals surface area contributed by atoms with E-state index in [1.54, 1.807) is 12.1 Å². The second kappa shape index (κ2) is 7.08. The van der Waals surface area contributed by atoms with Crippen LogP contribution in [0.5, 0.6) is 0 Å². The predicted molar refractivity (Wildman–Crippen MR) is 114 cm³/mol. The third kappa shape index (κ3) is 3.02. The fraction of sp³-hybridized carbons (Fsp3) is 0.565. The molecule has 30 heavy (non-hydrogen) atoms. The zero-order valence-electron chi connectivity index (χ0n) is 17.7. The van der Waals surface area contributed by atoms with E-state index in [0.717, 1.165) is 28.8 Å². The molecule has 1 aliphatic heterocycles. The van der Waals surface area contributed by atoms with Crippen molar-refractivity contribution in [2.24, 2.45) is 17.6 Å². The van der Waals surface area contributed by atoms with Gasteiger partial charge in [0.2, 0.25) is 5.91 Å². The van der Waals surface area contributed by atoms with E-state index in [9.17, 15) is 9.18 Å². The number of amides is 1. The average molecular weight is 412 g/mol.